The second-order valence-corrected chi connectivity index (χ2v) is 12.6. The number of pyridine rings is 1. The number of anilines is 2. The van der Waals surface area contributed by atoms with Crippen molar-refractivity contribution in [2.24, 2.45) is 0 Å². The predicted octanol–water partition coefficient (Wildman–Crippen LogP) is 6.90. The summed E-state index contributed by atoms with van der Waals surface area (Å²) in [6.45, 7) is 5.24. The minimum atomic E-state index is -1.15. The molecule has 1 fully saturated rings. The van der Waals surface area contributed by atoms with Gasteiger partial charge in [0.25, 0.3) is 5.56 Å². The Hall–Kier alpha value is -4.35. The maximum absolute atomic E-state index is 15.2. The van der Waals surface area contributed by atoms with Gasteiger partial charge in [0.1, 0.15) is 28.9 Å². The van der Waals surface area contributed by atoms with Gasteiger partial charge in [-0.2, -0.15) is 4.98 Å². The van der Waals surface area contributed by atoms with E-state index in [2.05, 4.69) is 15.6 Å². The standard InChI is InChI=1S/C34H28Cl2FN5O4/c1-34(2)30(29(43)23-5-3-4-6-27(23)46-34)42-31-18(13-24(32(42)44)21-9-7-19(35)14-25(21)36)16-39-33(41-31)40-20-8-10-22(26(37)15-20)28-17-38-11-12-45-28/h3-10,13-16,28,30,38H,11-12,17H2,1-2H3,(H,39,40,41). The van der Waals surface area contributed by atoms with E-state index < -0.39 is 23.0 Å². The van der Waals surface area contributed by atoms with E-state index in [0.29, 0.717) is 51.7 Å². The summed E-state index contributed by atoms with van der Waals surface area (Å²) in [6, 6.07) is 17.0. The lowest BCUT2D eigenvalue weighted by atomic mass is 9.86. The Morgan fingerprint density at radius 1 is 1.02 bits per heavy atom. The lowest BCUT2D eigenvalue weighted by molar-refractivity contribution is 0.0255. The quantitative estimate of drug-likeness (QED) is 0.210. The fraction of sp³-hybridized carbons (Fsp3) is 0.235. The normalized spacial score (nSPS) is 19.0. The maximum Gasteiger partial charge on any atom is 0.260 e. The number of ether oxygens (including phenoxy) is 2. The molecule has 4 heterocycles. The van der Waals surface area contributed by atoms with Gasteiger partial charge in [-0.25, -0.2) is 9.37 Å². The molecule has 2 aliphatic heterocycles. The van der Waals surface area contributed by atoms with Crippen molar-refractivity contribution in [1.82, 2.24) is 19.9 Å². The molecule has 0 amide bonds. The summed E-state index contributed by atoms with van der Waals surface area (Å²) in [5.41, 5.74) is 0.380. The summed E-state index contributed by atoms with van der Waals surface area (Å²) in [4.78, 5) is 37.8. The molecule has 2 aliphatic rings. The number of hydrogen-bond donors (Lipinski definition) is 2. The second-order valence-electron chi connectivity index (χ2n) is 11.7. The van der Waals surface area contributed by atoms with Crippen molar-refractivity contribution in [1.29, 1.82) is 0 Å². The van der Waals surface area contributed by atoms with Crippen molar-refractivity contribution >= 4 is 51.7 Å². The third kappa shape index (κ3) is 5.41. The van der Waals surface area contributed by atoms with Crippen molar-refractivity contribution in [2.75, 3.05) is 25.0 Å². The van der Waals surface area contributed by atoms with Crippen molar-refractivity contribution in [3.05, 3.63) is 110 Å². The molecule has 7 rings (SSSR count). The molecule has 5 aromatic rings. The molecule has 2 unspecified atom stereocenters. The zero-order valence-electron chi connectivity index (χ0n) is 24.8. The SMILES string of the molecule is CC1(C)Oc2ccccc2C(=O)C1n1c(=O)c(-c2ccc(Cl)cc2Cl)cc2cnc(Nc3ccc(C4CNCCO4)c(F)c3)nc21. The van der Waals surface area contributed by atoms with Gasteiger partial charge in [-0.15, -0.1) is 0 Å². The first kappa shape index (κ1) is 30.3. The molecule has 2 aromatic heterocycles. The molecule has 0 aliphatic carbocycles. The largest absolute Gasteiger partial charge is 0.484 e. The monoisotopic (exact) mass is 659 g/mol. The number of nitrogens with zero attached hydrogens (tertiary/aromatic N) is 3. The number of hydrogen-bond acceptors (Lipinski definition) is 8. The fourth-order valence-electron chi connectivity index (χ4n) is 6.07. The van der Waals surface area contributed by atoms with E-state index in [1.54, 1.807) is 74.5 Å². The highest BCUT2D eigenvalue weighted by Crippen LogP contribution is 2.41. The van der Waals surface area contributed by atoms with Crippen LogP contribution in [0.4, 0.5) is 16.0 Å². The van der Waals surface area contributed by atoms with Crippen molar-refractivity contribution in [3.8, 4) is 16.9 Å². The molecular weight excluding hydrogens is 632 g/mol. The average Bonchev–Trinajstić information content (AvgIpc) is 3.02. The highest BCUT2D eigenvalue weighted by atomic mass is 35.5. The maximum atomic E-state index is 15.2. The van der Waals surface area contributed by atoms with Crippen LogP contribution < -0.4 is 20.9 Å². The molecule has 0 spiro atoms. The van der Waals surface area contributed by atoms with Crippen LogP contribution in [0.15, 0.2) is 77.7 Å². The number of aromatic nitrogens is 3. The van der Waals surface area contributed by atoms with Gasteiger partial charge in [-0.1, -0.05) is 47.5 Å². The van der Waals surface area contributed by atoms with E-state index in [-0.39, 0.29) is 34.1 Å². The Morgan fingerprint density at radius 2 is 1.85 bits per heavy atom. The van der Waals surface area contributed by atoms with Gasteiger partial charge in [-0.05, 0) is 56.3 Å². The molecule has 234 valence electrons. The van der Waals surface area contributed by atoms with Crippen molar-refractivity contribution in [3.63, 3.8) is 0 Å². The number of halogens is 3. The van der Waals surface area contributed by atoms with Crippen LogP contribution in [0.25, 0.3) is 22.2 Å². The van der Waals surface area contributed by atoms with Gasteiger partial charge >= 0.3 is 0 Å². The van der Waals surface area contributed by atoms with Crippen LogP contribution >= 0.6 is 23.2 Å². The van der Waals surface area contributed by atoms with E-state index in [9.17, 15) is 9.59 Å². The topological polar surface area (TPSA) is 107 Å². The molecule has 9 nitrogen and oxygen atoms in total. The van der Waals surface area contributed by atoms with E-state index in [1.807, 2.05) is 0 Å². The summed E-state index contributed by atoms with van der Waals surface area (Å²) in [5, 5.41) is 7.39. The predicted molar refractivity (Wildman–Crippen MR) is 175 cm³/mol. The molecular formula is C34H28Cl2FN5O4. The van der Waals surface area contributed by atoms with Crippen LogP contribution in [0.1, 0.15) is 41.9 Å². The van der Waals surface area contributed by atoms with Crippen LogP contribution in [0, 0.1) is 5.82 Å². The van der Waals surface area contributed by atoms with Crippen LogP contribution in [0.3, 0.4) is 0 Å². The number of morpholine rings is 1. The highest BCUT2D eigenvalue weighted by Gasteiger charge is 2.46. The number of ketones is 1. The molecule has 46 heavy (non-hydrogen) atoms. The van der Waals surface area contributed by atoms with Crippen LogP contribution in [-0.4, -0.2) is 45.6 Å². The number of para-hydroxylation sites is 1. The molecule has 0 bridgehead atoms. The number of benzene rings is 3. The first-order valence-corrected chi connectivity index (χ1v) is 15.4. The third-order valence-electron chi connectivity index (χ3n) is 8.22. The van der Waals surface area contributed by atoms with Gasteiger partial charge in [0.15, 0.2) is 5.78 Å². The van der Waals surface area contributed by atoms with Crippen molar-refractivity contribution < 1.29 is 18.7 Å². The van der Waals surface area contributed by atoms with Gasteiger partial charge in [-0.3, -0.25) is 14.2 Å². The molecule has 2 atom stereocenters. The van der Waals surface area contributed by atoms with Crippen LogP contribution in [0.2, 0.25) is 10.0 Å². The second kappa shape index (κ2) is 11.8. The van der Waals surface area contributed by atoms with Crippen LogP contribution in [-0.2, 0) is 4.74 Å². The van der Waals surface area contributed by atoms with E-state index >= 15 is 4.39 Å². The summed E-state index contributed by atoms with van der Waals surface area (Å²) in [7, 11) is 0. The Balaban J connectivity index is 1.37. The van der Waals surface area contributed by atoms with Gasteiger partial charge in [0.2, 0.25) is 5.95 Å². The molecule has 3 aromatic carbocycles. The number of carbonyl (C=O) groups excluding carboxylic acids is 1. The third-order valence-corrected chi connectivity index (χ3v) is 8.76. The molecule has 0 radical (unpaired) electrons. The first-order valence-electron chi connectivity index (χ1n) is 14.7. The van der Waals surface area contributed by atoms with Crippen molar-refractivity contribution in [2.45, 2.75) is 31.6 Å². The molecule has 0 saturated carbocycles. The summed E-state index contributed by atoms with van der Waals surface area (Å²) >= 11 is 12.7. The van der Waals surface area contributed by atoms with E-state index in [1.165, 1.54) is 16.8 Å². The summed E-state index contributed by atoms with van der Waals surface area (Å²) in [6.07, 6.45) is 1.15. The zero-order valence-corrected chi connectivity index (χ0v) is 26.3. The average molecular weight is 661 g/mol. The van der Waals surface area contributed by atoms with E-state index in [0.717, 1.165) is 6.54 Å². The fourth-order valence-corrected chi connectivity index (χ4v) is 6.58. The Labute approximate surface area is 273 Å². The van der Waals surface area contributed by atoms with Gasteiger partial charge < -0.3 is 20.1 Å². The van der Waals surface area contributed by atoms with Crippen LogP contribution in [0.5, 0.6) is 5.75 Å². The minimum Gasteiger partial charge on any atom is -0.484 e. The highest BCUT2D eigenvalue weighted by molar-refractivity contribution is 6.36. The molecule has 2 N–H and O–H groups in total. The molecule has 12 heteroatoms. The number of rotatable bonds is 5. The number of nitrogens with one attached hydrogen (secondary N) is 2. The Morgan fingerprint density at radius 3 is 2.61 bits per heavy atom. The minimum absolute atomic E-state index is 0.100. The number of fused-ring (bicyclic) bond motifs is 2. The lowest BCUT2D eigenvalue weighted by Crippen LogP contribution is -2.50. The lowest BCUT2D eigenvalue weighted by Gasteiger charge is -2.39. The number of carbonyl (C=O) groups is 1. The summed E-state index contributed by atoms with van der Waals surface area (Å²) < 4.78 is 28.5. The summed E-state index contributed by atoms with van der Waals surface area (Å²) in [5.74, 6) is -0.214. The Bertz CT molecular complexity index is 2080. The van der Waals surface area contributed by atoms with Gasteiger partial charge in [0, 0.05) is 52.1 Å². The number of Topliss-reactive ketones (excluding diaryl/α,β-unsaturated/α-hetero) is 1. The first-order chi connectivity index (χ1) is 22.1. The van der Waals surface area contributed by atoms with E-state index in [4.69, 9.17) is 37.7 Å². The molecule has 1 saturated heterocycles. The van der Waals surface area contributed by atoms with Gasteiger partial charge in [0.05, 0.1) is 23.3 Å². The zero-order chi connectivity index (χ0) is 32.2. The smallest absolute Gasteiger partial charge is 0.260 e. The Kier molecular flexibility index (Phi) is 7.76.